The van der Waals surface area contributed by atoms with Gasteiger partial charge in [0.15, 0.2) is 5.82 Å². The van der Waals surface area contributed by atoms with E-state index < -0.39 is 0 Å². The lowest BCUT2D eigenvalue weighted by molar-refractivity contribution is 0.425. The summed E-state index contributed by atoms with van der Waals surface area (Å²) < 4.78 is 5.28. The van der Waals surface area contributed by atoms with Crippen molar-refractivity contribution in [1.82, 2.24) is 20.1 Å². The number of aromatic nitrogens is 4. The van der Waals surface area contributed by atoms with E-state index in [2.05, 4.69) is 42.5 Å². The highest BCUT2D eigenvalue weighted by Gasteiger charge is 2.13. The second kappa shape index (κ2) is 8.16. The van der Waals surface area contributed by atoms with Crippen LogP contribution >= 0.6 is 0 Å². The Morgan fingerprint density at radius 2 is 1.93 bits per heavy atom. The molecule has 0 bridgehead atoms. The summed E-state index contributed by atoms with van der Waals surface area (Å²) in [5.74, 6) is 2.86. The molecule has 7 nitrogen and oxygen atoms in total. The van der Waals surface area contributed by atoms with Crippen molar-refractivity contribution >= 4 is 11.6 Å². The van der Waals surface area contributed by atoms with Crippen LogP contribution in [0, 0.1) is 6.92 Å². The zero-order valence-electron chi connectivity index (χ0n) is 15.6. The maximum absolute atomic E-state index is 5.28. The predicted molar refractivity (Wildman–Crippen MR) is 105 cm³/mol. The minimum absolute atomic E-state index is 0.470. The zero-order chi connectivity index (χ0) is 18.5. The lowest BCUT2D eigenvalue weighted by atomic mass is 10.2. The summed E-state index contributed by atoms with van der Waals surface area (Å²) in [5.41, 5.74) is 1.90. The maximum atomic E-state index is 5.28. The summed E-state index contributed by atoms with van der Waals surface area (Å²) in [6, 6.07) is 8.02. The molecule has 140 valence electrons. The van der Waals surface area contributed by atoms with Crippen LogP contribution in [0.4, 0.5) is 11.6 Å². The number of anilines is 2. The quantitative estimate of drug-likeness (QED) is 0.737. The molecule has 4 rings (SSSR count). The van der Waals surface area contributed by atoms with Gasteiger partial charge < -0.3 is 14.7 Å². The van der Waals surface area contributed by atoms with Gasteiger partial charge in [0.05, 0.1) is 5.56 Å². The van der Waals surface area contributed by atoms with Crippen LogP contribution in [0.25, 0.3) is 11.5 Å². The Balaban J connectivity index is 1.43. The zero-order valence-corrected chi connectivity index (χ0v) is 15.6. The molecule has 27 heavy (non-hydrogen) atoms. The standard InChI is InChI=1S/C20H24N6O/c1-15-24-20(27-25-15)17-7-6-10-21-19(17)23-14-16-8-9-18(22-13-16)26-11-4-2-3-5-12-26/h6-10,13H,2-5,11-12,14H2,1H3,(H,21,23). The van der Waals surface area contributed by atoms with Crippen LogP contribution in [0.2, 0.25) is 0 Å². The van der Waals surface area contributed by atoms with E-state index in [-0.39, 0.29) is 0 Å². The molecule has 0 aliphatic carbocycles. The van der Waals surface area contributed by atoms with Gasteiger partial charge in [-0.1, -0.05) is 24.1 Å². The fourth-order valence-corrected chi connectivity index (χ4v) is 3.32. The van der Waals surface area contributed by atoms with E-state index >= 15 is 0 Å². The number of rotatable bonds is 5. The second-order valence-electron chi connectivity index (χ2n) is 6.83. The molecule has 4 heterocycles. The van der Waals surface area contributed by atoms with E-state index in [1.165, 1.54) is 25.7 Å². The fraction of sp³-hybridized carbons (Fsp3) is 0.400. The molecule has 3 aromatic heterocycles. The van der Waals surface area contributed by atoms with Crippen molar-refractivity contribution in [3.63, 3.8) is 0 Å². The molecule has 0 atom stereocenters. The van der Waals surface area contributed by atoms with Crippen LogP contribution in [-0.4, -0.2) is 33.2 Å². The van der Waals surface area contributed by atoms with E-state index in [0.717, 1.165) is 35.9 Å². The highest BCUT2D eigenvalue weighted by atomic mass is 16.5. The summed E-state index contributed by atoms with van der Waals surface area (Å²) in [5, 5.41) is 7.21. The van der Waals surface area contributed by atoms with Gasteiger partial charge in [-0.05, 0) is 43.5 Å². The summed E-state index contributed by atoms with van der Waals surface area (Å²) in [6.45, 7) is 4.63. The Kier molecular flexibility index (Phi) is 5.27. The highest BCUT2D eigenvalue weighted by molar-refractivity contribution is 5.68. The Bertz CT molecular complexity index is 868. The molecule has 1 fully saturated rings. The van der Waals surface area contributed by atoms with Gasteiger partial charge in [-0.2, -0.15) is 4.98 Å². The molecule has 0 unspecified atom stereocenters. The van der Waals surface area contributed by atoms with Crippen LogP contribution in [0.15, 0.2) is 41.2 Å². The van der Waals surface area contributed by atoms with Crippen molar-refractivity contribution in [3.05, 3.63) is 48.0 Å². The molecule has 1 aliphatic rings. The predicted octanol–water partition coefficient (Wildman–Crippen LogP) is 3.83. The molecular formula is C20H24N6O. The van der Waals surface area contributed by atoms with Gasteiger partial charge in [-0.3, -0.25) is 0 Å². The van der Waals surface area contributed by atoms with Gasteiger partial charge in [0.1, 0.15) is 11.6 Å². The first kappa shape index (κ1) is 17.5. The first-order valence-electron chi connectivity index (χ1n) is 9.49. The Morgan fingerprint density at radius 3 is 2.63 bits per heavy atom. The molecule has 1 saturated heterocycles. The molecule has 0 amide bonds. The fourth-order valence-electron chi connectivity index (χ4n) is 3.32. The van der Waals surface area contributed by atoms with Crippen LogP contribution in [0.5, 0.6) is 0 Å². The second-order valence-corrected chi connectivity index (χ2v) is 6.83. The number of pyridine rings is 2. The van der Waals surface area contributed by atoms with E-state index in [1.807, 2.05) is 18.3 Å². The molecule has 7 heteroatoms. The van der Waals surface area contributed by atoms with Crippen molar-refractivity contribution in [1.29, 1.82) is 0 Å². The molecule has 1 aliphatic heterocycles. The van der Waals surface area contributed by atoms with Crippen LogP contribution in [-0.2, 0) is 6.54 Å². The summed E-state index contributed by atoms with van der Waals surface area (Å²) >= 11 is 0. The molecule has 0 radical (unpaired) electrons. The monoisotopic (exact) mass is 364 g/mol. The molecule has 0 spiro atoms. The van der Waals surface area contributed by atoms with Gasteiger partial charge >= 0.3 is 0 Å². The Hall–Kier alpha value is -2.96. The summed E-state index contributed by atoms with van der Waals surface area (Å²) in [4.78, 5) is 15.8. The van der Waals surface area contributed by atoms with Crippen LogP contribution in [0.1, 0.15) is 37.1 Å². The molecule has 1 N–H and O–H groups in total. The molecule has 0 saturated carbocycles. The third-order valence-corrected chi connectivity index (χ3v) is 4.76. The van der Waals surface area contributed by atoms with Crippen LogP contribution in [0.3, 0.4) is 0 Å². The number of nitrogens with one attached hydrogen (secondary N) is 1. The van der Waals surface area contributed by atoms with Crippen molar-refractivity contribution in [3.8, 4) is 11.5 Å². The first-order chi connectivity index (χ1) is 13.3. The topological polar surface area (TPSA) is 80.0 Å². The van der Waals surface area contributed by atoms with Crippen molar-refractivity contribution in [2.24, 2.45) is 0 Å². The van der Waals surface area contributed by atoms with Crippen LogP contribution < -0.4 is 10.2 Å². The first-order valence-corrected chi connectivity index (χ1v) is 9.49. The highest BCUT2D eigenvalue weighted by Crippen LogP contribution is 2.25. The Labute approximate surface area is 158 Å². The number of aryl methyl sites for hydroxylation is 1. The van der Waals surface area contributed by atoms with Gasteiger partial charge in [0.2, 0.25) is 0 Å². The van der Waals surface area contributed by atoms with E-state index in [1.54, 1.807) is 13.1 Å². The average Bonchev–Trinajstić information content (AvgIpc) is 2.96. The minimum Gasteiger partial charge on any atom is -0.365 e. The van der Waals surface area contributed by atoms with Crippen molar-refractivity contribution in [2.75, 3.05) is 23.3 Å². The van der Waals surface area contributed by atoms with Gasteiger partial charge in [0, 0.05) is 32.0 Å². The van der Waals surface area contributed by atoms with Crippen molar-refractivity contribution in [2.45, 2.75) is 39.2 Å². The van der Waals surface area contributed by atoms with Crippen molar-refractivity contribution < 1.29 is 4.52 Å². The minimum atomic E-state index is 0.470. The molecule has 3 aromatic rings. The van der Waals surface area contributed by atoms with E-state index in [0.29, 0.717) is 18.3 Å². The van der Waals surface area contributed by atoms with E-state index in [4.69, 9.17) is 4.52 Å². The average molecular weight is 364 g/mol. The lowest BCUT2D eigenvalue weighted by Gasteiger charge is -2.21. The molecule has 0 aromatic carbocycles. The summed E-state index contributed by atoms with van der Waals surface area (Å²) in [7, 11) is 0. The SMILES string of the molecule is Cc1noc(-c2cccnc2NCc2ccc(N3CCCCCC3)nc2)n1. The van der Waals surface area contributed by atoms with Gasteiger partial charge in [-0.25, -0.2) is 9.97 Å². The normalized spacial score (nSPS) is 14.8. The maximum Gasteiger partial charge on any atom is 0.261 e. The number of nitrogens with zero attached hydrogens (tertiary/aromatic N) is 5. The smallest absolute Gasteiger partial charge is 0.261 e. The lowest BCUT2D eigenvalue weighted by Crippen LogP contribution is -2.24. The van der Waals surface area contributed by atoms with Gasteiger partial charge in [0.25, 0.3) is 5.89 Å². The third-order valence-electron chi connectivity index (χ3n) is 4.76. The van der Waals surface area contributed by atoms with Gasteiger partial charge in [-0.15, -0.1) is 0 Å². The summed E-state index contributed by atoms with van der Waals surface area (Å²) in [6.07, 6.45) is 8.84. The number of hydrogen-bond donors (Lipinski definition) is 1. The largest absolute Gasteiger partial charge is 0.365 e. The third kappa shape index (κ3) is 4.24. The van der Waals surface area contributed by atoms with E-state index in [9.17, 15) is 0 Å². The molecular weight excluding hydrogens is 340 g/mol. The number of hydrogen-bond acceptors (Lipinski definition) is 7. The Morgan fingerprint density at radius 1 is 1.07 bits per heavy atom.